The van der Waals surface area contributed by atoms with Crippen molar-refractivity contribution in [1.29, 1.82) is 0 Å². The second kappa shape index (κ2) is 10.3. The first-order valence-corrected chi connectivity index (χ1v) is 10.4. The van der Waals surface area contributed by atoms with E-state index < -0.39 is 36.4 Å². The fourth-order valence-corrected chi connectivity index (χ4v) is 3.68. The van der Waals surface area contributed by atoms with E-state index in [0.717, 1.165) is 18.4 Å². The number of aryl methyl sites for hydroxylation is 1. The third-order valence-electron chi connectivity index (χ3n) is 5.33. The molecule has 1 aliphatic rings. The number of nitrogens with zero attached hydrogens (tertiary/aromatic N) is 1. The zero-order valence-corrected chi connectivity index (χ0v) is 17.4. The number of carbonyl (C=O) groups is 3. The number of amides is 1. The van der Waals surface area contributed by atoms with Crippen LogP contribution < -0.4 is 0 Å². The van der Waals surface area contributed by atoms with Crippen molar-refractivity contribution in [2.24, 2.45) is 0 Å². The second-order valence-electron chi connectivity index (χ2n) is 7.70. The van der Waals surface area contributed by atoms with E-state index in [1.807, 2.05) is 12.1 Å². The Bertz CT molecular complexity index is 943. The van der Waals surface area contributed by atoms with E-state index in [2.05, 4.69) is 6.92 Å². The van der Waals surface area contributed by atoms with Gasteiger partial charge >= 0.3 is 5.97 Å². The van der Waals surface area contributed by atoms with Crippen LogP contribution >= 0.6 is 0 Å². The lowest BCUT2D eigenvalue weighted by molar-refractivity contribution is -0.152. The highest BCUT2D eigenvalue weighted by Crippen LogP contribution is 2.21. The molecule has 31 heavy (non-hydrogen) atoms. The number of likely N-dealkylation sites (tertiary alicyclic amines) is 1. The van der Waals surface area contributed by atoms with Gasteiger partial charge in [0.1, 0.15) is 11.9 Å². The number of hydrogen-bond acceptors (Lipinski definition) is 5. The fraction of sp³-hybridized carbons (Fsp3) is 0.375. The first kappa shape index (κ1) is 22.6. The van der Waals surface area contributed by atoms with E-state index in [1.54, 1.807) is 18.2 Å². The van der Waals surface area contributed by atoms with E-state index in [-0.39, 0.29) is 30.7 Å². The van der Waals surface area contributed by atoms with Crippen molar-refractivity contribution < 1.29 is 28.6 Å². The summed E-state index contributed by atoms with van der Waals surface area (Å²) in [5.74, 6) is -2.10. The van der Waals surface area contributed by atoms with Gasteiger partial charge < -0.3 is 14.7 Å². The third-order valence-corrected chi connectivity index (χ3v) is 5.33. The minimum absolute atomic E-state index is 0.0156. The summed E-state index contributed by atoms with van der Waals surface area (Å²) in [5, 5.41) is 9.97. The fourth-order valence-electron chi connectivity index (χ4n) is 3.68. The number of benzene rings is 2. The summed E-state index contributed by atoms with van der Waals surface area (Å²) >= 11 is 0. The minimum Gasteiger partial charge on any atom is -0.456 e. The Morgan fingerprint density at radius 1 is 1.13 bits per heavy atom. The molecular formula is C24H26FNO5. The van der Waals surface area contributed by atoms with Gasteiger partial charge in [0.15, 0.2) is 12.4 Å². The van der Waals surface area contributed by atoms with Crippen molar-refractivity contribution in [1.82, 2.24) is 4.90 Å². The number of β-amino-alcohol motifs (C(OH)–C–C–N with tert-alkyl or cyclic N) is 1. The Kier molecular flexibility index (Phi) is 7.52. The van der Waals surface area contributed by atoms with Crippen molar-refractivity contribution in [3.8, 4) is 0 Å². The number of halogens is 1. The molecule has 0 aliphatic carbocycles. The number of rotatable bonds is 8. The van der Waals surface area contributed by atoms with Crippen LogP contribution in [0.5, 0.6) is 0 Å². The lowest BCUT2D eigenvalue weighted by Crippen LogP contribution is -2.42. The molecule has 0 aromatic heterocycles. The summed E-state index contributed by atoms with van der Waals surface area (Å²) in [7, 11) is 0. The molecule has 1 N–H and O–H groups in total. The van der Waals surface area contributed by atoms with Crippen molar-refractivity contribution in [2.75, 3.05) is 13.2 Å². The SMILES string of the molecule is CCCc1ccc(C(=O)COC(=O)C2CC(O)CN2C(=O)Cc2ccccc2F)cc1. The summed E-state index contributed by atoms with van der Waals surface area (Å²) in [6, 6.07) is 12.0. The van der Waals surface area contributed by atoms with Crippen molar-refractivity contribution in [3.63, 3.8) is 0 Å². The Hall–Kier alpha value is -3.06. The van der Waals surface area contributed by atoms with Gasteiger partial charge in [-0.2, -0.15) is 0 Å². The summed E-state index contributed by atoms with van der Waals surface area (Å²) in [6.45, 7) is 1.58. The van der Waals surface area contributed by atoms with Crippen LogP contribution in [-0.2, 0) is 27.2 Å². The summed E-state index contributed by atoms with van der Waals surface area (Å²) in [6.07, 6.45) is 0.826. The number of ether oxygens (including phenoxy) is 1. The number of aliphatic hydroxyl groups excluding tert-OH is 1. The van der Waals surface area contributed by atoms with Crippen LogP contribution in [0, 0.1) is 5.82 Å². The molecule has 1 aliphatic heterocycles. The summed E-state index contributed by atoms with van der Waals surface area (Å²) in [4.78, 5) is 38.7. The molecule has 1 heterocycles. The maximum Gasteiger partial charge on any atom is 0.329 e. The number of hydrogen-bond donors (Lipinski definition) is 1. The maximum absolute atomic E-state index is 13.9. The second-order valence-corrected chi connectivity index (χ2v) is 7.70. The monoisotopic (exact) mass is 427 g/mol. The van der Waals surface area contributed by atoms with Crippen molar-refractivity contribution in [3.05, 3.63) is 71.0 Å². The van der Waals surface area contributed by atoms with Crippen LogP contribution in [0.1, 0.15) is 41.3 Å². The van der Waals surface area contributed by atoms with E-state index in [1.165, 1.54) is 23.1 Å². The predicted molar refractivity (Wildman–Crippen MR) is 112 cm³/mol. The van der Waals surface area contributed by atoms with E-state index in [4.69, 9.17) is 4.74 Å². The first-order chi connectivity index (χ1) is 14.9. The van der Waals surface area contributed by atoms with Gasteiger partial charge in [0, 0.05) is 18.5 Å². The Morgan fingerprint density at radius 3 is 2.52 bits per heavy atom. The molecule has 1 fully saturated rings. The van der Waals surface area contributed by atoms with E-state index in [0.29, 0.717) is 5.56 Å². The molecular weight excluding hydrogens is 401 g/mol. The Morgan fingerprint density at radius 2 is 1.84 bits per heavy atom. The minimum atomic E-state index is -1.01. The molecule has 1 saturated heterocycles. The van der Waals surface area contributed by atoms with Crippen LogP contribution in [0.4, 0.5) is 4.39 Å². The maximum atomic E-state index is 13.9. The Labute approximate surface area is 180 Å². The number of esters is 1. The number of ketones is 1. The molecule has 1 amide bonds. The van der Waals surface area contributed by atoms with Crippen LogP contribution in [0.15, 0.2) is 48.5 Å². The third kappa shape index (κ3) is 5.76. The first-order valence-electron chi connectivity index (χ1n) is 10.4. The molecule has 0 bridgehead atoms. The molecule has 0 saturated carbocycles. The highest BCUT2D eigenvalue weighted by atomic mass is 19.1. The largest absolute Gasteiger partial charge is 0.456 e. The van der Waals surface area contributed by atoms with Crippen LogP contribution in [0.25, 0.3) is 0 Å². The molecule has 2 aromatic rings. The quantitative estimate of drug-likeness (QED) is 0.517. The van der Waals surface area contributed by atoms with E-state index in [9.17, 15) is 23.9 Å². The zero-order chi connectivity index (χ0) is 22.4. The highest BCUT2D eigenvalue weighted by Gasteiger charge is 2.40. The summed E-state index contributed by atoms with van der Waals surface area (Å²) in [5.41, 5.74) is 1.77. The van der Waals surface area contributed by atoms with Gasteiger partial charge in [0.25, 0.3) is 0 Å². The molecule has 2 atom stereocenters. The smallest absolute Gasteiger partial charge is 0.329 e. The molecule has 0 radical (unpaired) electrons. The lowest BCUT2D eigenvalue weighted by Gasteiger charge is -2.23. The van der Waals surface area contributed by atoms with Gasteiger partial charge in [-0.15, -0.1) is 0 Å². The average Bonchev–Trinajstić information content (AvgIpc) is 3.16. The molecule has 0 spiro atoms. The van der Waals surface area contributed by atoms with Crippen LogP contribution in [0.2, 0.25) is 0 Å². The van der Waals surface area contributed by atoms with Gasteiger partial charge in [-0.05, 0) is 23.6 Å². The number of aliphatic hydroxyl groups is 1. The van der Waals surface area contributed by atoms with Gasteiger partial charge in [0.2, 0.25) is 5.91 Å². The highest BCUT2D eigenvalue weighted by molar-refractivity contribution is 5.98. The van der Waals surface area contributed by atoms with Crippen LogP contribution in [-0.4, -0.2) is 53.0 Å². The normalized spacial score (nSPS) is 18.1. The molecule has 2 unspecified atom stereocenters. The standard InChI is InChI=1S/C24H26FNO5/c1-2-5-16-8-10-17(11-9-16)22(28)15-31-24(30)21-13-19(27)14-26(21)23(29)12-18-6-3-4-7-20(18)25/h3-4,6-11,19,21,27H,2,5,12-15H2,1H3. The molecule has 7 heteroatoms. The molecule has 6 nitrogen and oxygen atoms in total. The molecule has 3 rings (SSSR count). The van der Waals surface area contributed by atoms with Gasteiger partial charge in [-0.25, -0.2) is 9.18 Å². The summed E-state index contributed by atoms with van der Waals surface area (Å²) < 4.78 is 19.0. The van der Waals surface area contributed by atoms with Crippen LogP contribution in [0.3, 0.4) is 0 Å². The number of Topliss-reactive ketones (excluding diaryl/α,β-unsaturated/α-hetero) is 1. The van der Waals surface area contributed by atoms with Crippen molar-refractivity contribution >= 4 is 17.7 Å². The zero-order valence-electron chi connectivity index (χ0n) is 17.4. The van der Waals surface area contributed by atoms with Gasteiger partial charge in [0.05, 0.1) is 12.5 Å². The average molecular weight is 427 g/mol. The predicted octanol–water partition coefficient (Wildman–Crippen LogP) is 2.71. The topological polar surface area (TPSA) is 83.9 Å². The Balaban J connectivity index is 1.59. The molecule has 164 valence electrons. The number of carbonyl (C=O) groups excluding carboxylic acids is 3. The van der Waals surface area contributed by atoms with E-state index >= 15 is 0 Å². The molecule has 2 aromatic carbocycles. The van der Waals surface area contributed by atoms with Gasteiger partial charge in [-0.1, -0.05) is 55.8 Å². The van der Waals surface area contributed by atoms with Gasteiger partial charge in [-0.3, -0.25) is 9.59 Å². The van der Waals surface area contributed by atoms with Crippen molar-refractivity contribution in [2.45, 2.75) is 44.8 Å². The lowest BCUT2D eigenvalue weighted by atomic mass is 10.1.